The van der Waals surface area contributed by atoms with Crippen LogP contribution in [0.4, 0.5) is 4.39 Å². The van der Waals surface area contributed by atoms with Gasteiger partial charge in [-0.05, 0) is 35.9 Å². The molecule has 0 saturated heterocycles. The summed E-state index contributed by atoms with van der Waals surface area (Å²) in [7, 11) is 0. The molecule has 4 rings (SSSR count). The largest absolute Gasteiger partial charge is 0.454 e. The Bertz CT molecular complexity index is 914. The highest BCUT2D eigenvalue weighted by atomic mass is 19.1. The fourth-order valence-electron chi connectivity index (χ4n) is 2.70. The van der Waals surface area contributed by atoms with Crippen molar-refractivity contribution in [3.63, 3.8) is 0 Å². The first-order valence-electron chi connectivity index (χ1n) is 7.30. The molecule has 1 aliphatic heterocycles. The maximum Gasteiger partial charge on any atom is 0.364 e. The Hall–Kier alpha value is -2.88. The molecule has 1 aromatic heterocycles. The van der Waals surface area contributed by atoms with Crippen LogP contribution in [0.3, 0.4) is 0 Å². The topological polar surface area (TPSA) is 29.8 Å². The molecule has 114 valence electrons. The fraction of sp³-hybridized carbons (Fsp3) is 0.105. The van der Waals surface area contributed by atoms with Gasteiger partial charge < -0.3 is 9.47 Å². The van der Waals surface area contributed by atoms with Gasteiger partial charge in [-0.25, -0.2) is 8.81 Å². The molecule has 0 saturated carbocycles. The molecule has 0 unspecified atom stereocenters. The monoisotopic (exact) mass is 309 g/mol. The molecule has 3 aromatic rings. The van der Waals surface area contributed by atoms with Crippen molar-refractivity contribution in [2.75, 3.05) is 6.79 Å². The molecule has 4 heteroatoms. The summed E-state index contributed by atoms with van der Waals surface area (Å²) < 4.78 is 29.9. The van der Waals surface area contributed by atoms with Gasteiger partial charge in [-0.3, -0.25) is 0 Å². The molecule has 0 bridgehead atoms. The Morgan fingerprint density at radius 3 is 2.70 bits per heavy atom. The third kappa shape index (κ3) is 2.52. The van der Waals surface area contributed by atoms with Crippen molar-refractivity contribution >= 4 is 22.9 Å². The second-order valence-electron chi connectivity index (χ2n) is 5.37. The zero-order chi connectivity index (χ0) is 15.8. The van der Waals surface area contributed by atoms with Gasteiger partial charge >= 0.3 is 11.5 Å². The first-order chi connectivity index (χ1) is 11.2. The van der Waals surface area contributed by atoms with Gasteiger partial charge in [-0.2, -0.15) is 0 Å². The molecule has 0 fully saturated rings. The quantitative estimate of drug-likeness (QED) is 0.620. The lowest BCUT2D eigenvalue weighted by molar-refractivity contribution is 0.174. The number of rotatable bonds is 2. The number of fused-ring (bicyclic) bond motifs is 3. The minimum Gasteiger partial charge on any atom is -0.454 e. The van der Waals surface area contributed by atoms with E-state index in [-0.39, 0.29) is 12.6 Å². The van der Waals surface area contributed by atoms with Crippen molar-refractivity contribution < 1.29 is 18.3 Å². The molecule has 0 amide bonds. The number of aryl methyl sites for hydroxylation is 1. The molecule has 0 atom stereocenters. The van der Waals surface area contributed by atoms with Crippen molar-refractivity contribution in [2.45, 2.75) is 6.92 Å². The summed E-state index contributed by atoms with van der Waals surface area (Å²) in [5.41, 5.74) is 0.890. The van der Waals surface area contributed by atoms with Gasteiger partial charge in [0.15, 0.2) is 11.5 Å². The summed E-state index contributed by atoms with van der Waals surface area (Å²) in [4.78, 5) is 0. The molecule has 1 aliphatic rings. The van der Waals surface area contributed by atoms with E-state index in [1.807, 2.05) is 37.3 Å². The van der Waals surface area contributed by atoms with Crippen LogP contribution in [0.5, 0.6) is 11.5 Å². The third-order valence-electron chi connectivity index (χ3n) is 3.74. The van der Waals surface area contributed by atoms with Crippen LogP contribution in [0.25, 0.3) is 22.9 Å². The molecule has 2 aromatic carbocycles. The lowest BCUT2D eigenvalue weighted by Gasteiger charge is -2.00. The zero-order valence-corrected chi connectivity index (χ0v) is 12.5. The zero-order valence-electron chi connectivity index (χ0n) is 12.5. The Balaban J connectivity index is 1.85. The maximum atomic E-state index is 13.0. The SMILES string of the molecule is Cc1cc2ccc3c(c2c(C=Cc2ccc(F)cc2)[o+]1)OCO3. The van der Waals surface area contributed by atoms with E-state index in [2.05, 4.69) is 0 Å². The van der Waals surface area contributed by atoms with Crippen molar-refractivity contribution in [1.82, 2.24) is 0 Å². The maximum absolute atomic E-state index is 13.0. The highest BCUT2D eigenvalue weighted by molar-refractivity contribution is 5.97. The van der Waals surface area contributed by atoms with Gasteiger partial charge in [-0.15, -0.1) is 0 Å². The first-order valence-corrected chi connectivity index (χ1v) is 7.30. The lowest BCUT2D eigenvalue weighted by atomic mass is 10.1. The third-order valence-corrected chi connectivity index (χ3v) is 3.74. The van der Waals surface area contributed by atoms with Gasteiger partial charge in [-0.1, -0.05) is 12.1 Å². The Morgan fingerprint density at radius 2 is 1.87 bits per heavy atom. The van der Waals surface area contributed by atoms with E-state index in [1.165, 1.54) is 12.1 Å². The van der Waals surface area contributed by atoms with Crippen molar-refractivity contribution in [3.8, 4) is 11.5 Å². The highest BCUT2D eigenvalue weighted by Gasteiger charge is 2.25. The van der Waals surface area contributed by atoms with E-state index in [0.29, 0.717) is 17.3 Å². The van der Waals surface area contributed by atoms with E-state index in [4.69, 9.17) is 13.9 Å². The normalized spacial score (nSPS) is 13.1. The Morgan fingerprint density at radius 1 is 1.04 bits per heavy atom. The van der Waals surface area contributed by atoms with E-state index >= 15 is 0 Å². The number of ether oxygens (including phenoxy) is 2. The van der Waals surface area contributed by atoms with Crippen LogP contribution in [-0.2, 0) is 0 Å². The van der Waals surface area contributed by atoms with Crippen molar-refractivity contribution in [1.29, 1.82) is 0 Å². The standard InChI is InChI=1S/C19H14FO3/c1-12-10-14-5-9-17-19(22-11-21-17)18(14)16(23-12)8-4-13-2-6-15(20)7-3-13/h2-10H,11H2,1H3/q+1. The highest BCUT2D eigenvalue weighted by Crippen LogP contribution is 2.41. The summed E-state index contributed by atoms with van der Waals surface area (Å²) in [5, 5.41) is 1.90. The number of hydrogen-bond donors (Lipinski definition) is 0. The van der Waals surface area contributed by atoms with Crippen LogP contribution in [0.1, 0.15) is 17.1 Å². The minimum atomic E-state index is -0.254. The fourth-order valence-corrected chi connectivity index (χ4v) is 2.70. The van der Waals surface area contributed by atoms with E-state index in [9.17, 15) is 4.39 Å². The summed E-state index contributed by atoms with van der Waals surface area (Å²) in [5.74, 6) is 2.65. The van der Waals surface area contributed by atoms with Crippen LogP contribution in [-0.4, -0.2) is 6.79 Å². The Labute approximate surface area is 132 Å². The van der Waals surface area contributed by atoms with Crippen LogP contribution in [0.15, 0.2) is 46.9 Å². The van der Waals surface area contributed by atoms with Crippen molar-refractivity contribution in [3.05, 3.63) is 65.4 Å². The minimum absolute atomic E-state index is 0.212. The molecule has 0 radical (unpaired) electrons. The van der Waals surface area contributed by atoms with E-state index < -0.39 is 0 Å². The summed E-state index contributed by atoms with van der Waals surface area (Å²) in [6.07, 6.45) is 3.75. The van der Waals surface area contributed by atoms with Crippen LogP contribution in [0.2, 0.25) is 0 Å². The number of hydrogen-bond acceptors (Lipinski definition) is 2. The van der Waals surface area contributed by atoms with Gasteiger partial charge in [0, 0.05) is 17.5 Å². The molecule has 2 heterocycles. The van der Waals surface area contributed by atoms with E-state index in [1.54, 1.807) is 12.1 Å². The molecule has 0 spiro atoms. The molecular formula is C19H14FO3+. The second kappa shape index (κ2) is 5.39. The molecule has 0 aliphatic carbocycles. The molecular weight excluding hydrogens is 295 g/mol. The van der Waals surface area contributed by atoms with Crippen LogP contribution < -0.4 is 9.47 Å². The van der Waals surface area contributed by atoms with Crippen LogP contribution >= 0.6 is 0 Å². The van der Waals surface area contributed by atoms with Gasteiger partial charge in [0.2, 0.25) is 6.79 Å². The molecule has 23 heavy (non-hydrogen) atoms. The predicted molar refractivity (Wildman–Crippen MR) is 86.8 cm³/mol. The van der Waals surface area contributed by atoms with Gasteiger partial charge in [0.1, 0.15) is 11.2 Å². The average Bonchev–Trinajstić information content (AvgIpc) is 3.02. The Kier molecular flexibility index (Phi) is 3.23. The van der Waals surface area contributed by atoms with Crippen molar-refractivity contribution in [2.24, 2.45) is 0 Å². The average molecular weight is 309 g/mol. The predicted octanol–water partition coefficient (Wildman–Crippen LogP) is 5.06. The molecule has 3 nitrogen and oxygen atoms in total. The van der Waals surface area contributed by atoms with E-state index in [0.717, 1.165) is 22.1 Å². The summed E-state index contributed by atoms with van der Waals surface area (Å²) in [6.45, 7) is 2.11. The lowest BCUT2D eigenvalue weighted by Crippen LogP contribution is -1.93. The first kappa shape index (κ1) is 13.8. The summed E-state index contributed by atoms with van der Waals surface area (Å²) in [6, 6.07) is 12.1. The second-order valence-corrected chi connectivity index (χ2v) is 5.37. The van der Waals surface area contributed by atoms with Gasteiger partial charge in [0.05, 0.1) is 6.92 Å². The number of halogens is 1. The molecule has 0 N–H and O–H groups in total. The number of benzene rings is 2. The van der Waals surface area contributed by atoms with Crippen LogP contribution in [0, 0.1) is 12.7 Å². The summed E-state index contributed by atoms with van der Waals surface area (Å²) >= 11 is 0. The van der Waals surface area contributed by atoms with Gasteiger partial charge in [0.25, 0.3) is 0 Å². The smallest absolute Gasteiger partial charge is 0.364 e.